The van der Waals surface area contributed by atoms with E-state index in [0.29, 0.717) is 12.1 Å². The first kappa shape index (κ1) is 14.3. The van der Waals surface area contributed by atoms with E-state index in [0.717, 1.165) is 23.4 Å². The van der Waals surface area contributed by atoms with Gasteiger partial charge in [0, 0.05) is 32.5 Å². The Morgan fingerprint density at radius 3 is 2.55 bits per heavy atom. The summed E-state index contributed by atoms with van der Waals surface area (Å²) < 4.78 is 1.68. The van der Waals surface area contributed by atoms with E-state index in [2.05, 4.69) is 5.10 Å². The molecule has 1 amide bonds. The minimum atomic E-state index is -0.0459. The Morgan fingerprint density at radius 1 is 1.35 bits per heavy atom. The number of hydrogen-bond donors (Lipinski definition) is 1. The lowest BCUT2D eigenvalue weighted by molar-refractivity contribution is 0.0992. The molecule has 0 atom stereocenters. The molecule has 0 aliphatic rings. The van der Waals surface area contributed by atoms with Crippen molar-refractivity contribution in [2.45, 2.75) is 19.9 Å². The van der Waals surface area contributed by atoms with Crippen molar-refractivity contribution in [3.8, 4) is 0 Å². The highest BCUT2D eigenvalue weighted by Gasteiger charge is 2.19. The van der Waals surface area contributed by atoms with Gasteiger partial charge in [-0.3, -0.25) is 9.48 Å². The summed E-state index contributed by atoms with van der Waals surface area (Å²) in [5.41, 5.74) is 8.94. The van der Waals surface area contributed by atoms with E-state index in [1.165, 1.54) is 0 Å². The number of benzene rings is 1. The Balaban J connectivity index is 2.27. The second-order valence-electron chi connectivity index (χ2n) is 4.75. The highest BCUT2D eigenvalue weighted by Crippen LogP contribution is 2.18. The second-order valence-corrected chi connectivity index (χ2v) is 4.75. The number of carbonyl (C=O) groups is 1. The zero-order chi connectivity index (χ0) is 14.7. The van der Waals surface area contributed by atoms with Gasteiger partial charge in [-0.05, 0) is 24.1 Å². The Morgan fingerprint density at radius 2 is 2.00 bits per heavy atom. The van der Waals surface area contributed by atoms with E-state index in [9.17, 15) is 4.79 Å². The summed E-state index contributed by atoms with van der Waals surface area (Å²) in [6.07, 6.45) is 2.51. The van der Waals surface area contributed by atoms with Gasteiger partial charge in [-0.25, -0.2) is 0 Å². The van der Waals surface area contributed by atoms with Crippen LogP contribution in [0.2, 0.25) is 0 Å². The lowest BCUT2D eigenvalue weighted by atomic mass is 10.1. The zero-order valence-electron chi connectivity index (χ0n) is 12.1. The summed E-state index contributed by atoms with van der Waals surface area (Å²) >= 11 is 0. The predicted octanol–water partition coefficient (Wildman–Crippen LogP) is 1.72. The van der Waals surface area contributed by atoms with E-state index in [1.54, 1.807) is 22.8 Å². The lowest BCUT2D eigenvalue weighted by Gasteiger charge is -2.17. The fraction of sp³-hybridized carbons (Fsp3) is 0.333. The normalized spacial score (nSPS) is 10.6. The average Bonchev–Trinajstić information content (AvgIpc) is 2.87. The Hall–Kier alpha value is -2.14. The van der Waals surface area contributed by atoms with Crippen molar-refractivity contribution in [2.75, 3.05) is 11.9 Å². The van der Waals surface area contributed by atoms with Gasteiger partial charge in [-0.15, -0.1) is 0 Å². The van der Waals surface area contributed by atoms with Crippen LogP contribution in [0.15, 0.2) is 30.5 Å². The zero-order valence-corrected chi connectivity index (χ0v) is 12.1. The maximum absolute atomic E-state index is 12.5. The number of nitrogens with zero attached hydrogens (tertiary/aromatic N) is 3. The Kier molecular flexibility index (Phi) is 4.20. The maximum Gasteiger partial charge on any atom is 0.261 e. The third kappa shape index (κ3) is 2.72. The lowest BCUT2D eigenvalue weighted by Crippen LogP contribution is -2.26. The van der Waals surface area contributed by atoms with Crippen LogP contribution in [0.4, 0.5) is 5.69 Å². The van der Waals surface area contributed by atoms with Crippen molar-refractivity contribution in [1.82, 2.24) is 9.78 Å². The molecule has 2 aromatic rings. The van der Waals surface area contributed by atoms with Crippen LogP contribution in [-0.4, -0.2) is 22.7 Å². The highest BCUT2D eigenvalue weighted by molar-refractivity contribution is 6.06. The minimum Gasteiger partial charge on any atom is -0.326 e. The Bertz CT molecular complexity index is 601. The second kappa shape index (κ2) is 5.88. The van der Waals surface area contributed by atoms with E-state index >= 15 is 0 Å². The van der Waals surface area contributed by atoms with Crippen molar-refractivity contribution in [1.29, 1.82) is 0 Å². The van der Waals surface area contributed by atoms with E-state index in [-0.39, 0.29) is 5.91 Å². The molecule has 106 valence electrons. The van der Waals surface area contributed by atoms with Gasteiger partial charge in [-0.2, -0.15) is 5.10 Å². The Labute approximate surface area is 119 Å². The van der Waals surface area contributed by atoms with Gasteiger partial charge in [0.1, 0.15) is 0 Å². The molecule has 0 unspecified atom stereocenters. The molecule has 5 nitrogen and oxygen atoms in total. The molecule has 0 saturated carbocycles. The van der Waals surface area contributed by atoms with Crippen LogP contribution in [0.1, 0.15) is 28.5 Å². The van der Waals surface area contributed by atoms with Gasteiger partial charge in [0.05, 0.1) is 11.3 Å². The van der Waals surface area contributed by atoms with Crippen molar-refractivity contribution in [2.24, 2.45) is 12.8 Å². The van der Waals surface area contributed by atoms with Gasteiger partial charge in [-0.1, -0.05) is 19.1 Å². The number of nitrogens with two attached hydrogens (primary N) is 1. The monoisotopic (exact) mass is 272 g/mol. The first-order valence-corrected chi connectivity index (χ1v) is 6.66. The molecule has 2 rings (SSSR count). The number of amides is 1. The molecule has 0 fully saturated rings. The highest BCUT2D eigenvalue weighted by atomic mass is 16.2. The van der Waals surface area contributed by atoms with Gasteiger partial charge < -0.3 is 10.6 Å². The van der Waals surface area contributed by atoms with Crippen molar-refractivity contribution < 1.29 is 4.79 Å². The summed E-state index contributed by atoms with van der Waals surface area (Å²) in [4.78, 5) is 14.2. The molecule has 0 saturated heterocycles. The fourth-order valence-electron chi connectivity index (χ4n) is 2.13. The molecule has 20 heavy (non-hydrogen) atoms. The predicted molar refractivity (Wildman–Crippen MR) is 79.7 cm³/mol. The molecular weight excluding hydrogens is 252 g/mol. The van der Waals surface area contributed by atoms with E-state index in [1.807, 2.05) is 38.2 Å². The molecule has 1 heterocycles. The SMILES string of the molecule is CCc1nn(C)cc1C(=O)N(C)c1ccc(CN)cc1. The van der Waals surface area contributed by atoms with Crippen LogP contribution in [0.3, 0.4) is 0 Å². The third-order valence-corrected chi connectivity index (χ3v) is 3.33. The summed E-state index contributed by atoms with van der Waals surface area (Å²) in [5.74, 6) is -0.0459. The number of aromatic nitrogens is 2. The van der Waals surface area contributed by atoms with Gasteiger partial charge >= 0.3 is 0 Å². The van der Waals surface area contributed by atoms with Crippen LogP contribution >= 0.6 is 0 Å². The van der Waals surface area contributed by atoms with Gasteiger partial charge in [0.2, 0.25) is 0 Å². The quantitative estimate of drug-likeness (QED) is 0.921. The molecule has 0 bridgehead atoms. The van der Waals surface area contributed by atoms with Crippen molar-refractivity contribution in [3.05, 3.63) is 47.3 Å². The molecule has 0 spiro atoms. The molecule has 0 aliphatic carbocycles. The molecular formula is C15H20N4O. The average molecular weight is 272 g/mol. The standard InChI is InChI=1S/C15H20N4O/c1-4-14-13(10-18(2)17-14)15(20)19(3)12-7-5-11(9-16)6-8-12/h5-8,10H,4,9,16H2,1-3H3. The number of carbonyl (C=O) groups excluding carboxylic acids is 1. The van der Waals surface area contributed by atoms with Crippen molar-refractivity contribution in [3.63, 3.8) is 0 Å². The van der Waals surface area contributed by atoms with Crippen molar-refractivity contribution >= 4 is 11.6 Å². The smallest absolute Gasteiger partial charge is 0.261 e. The van der Waals surface area contributed by atoms with Gasteiger partial charge in [0.15, 0.2) is 0 Å². The summed E-state index contributed by atoms with van der Waals surface area (Å²) in [6, 6.07) is 7.68. The number of hydrogen-bond acceptors (Lipinski definition) is 3. The van der Waals surface area contributed by atoms with Crippen LogP contribution in [0.25, 0.3) is 0 Å². The summed E-state index contributed by atoms with van der Waals surface area (Å²) in [5, 5.41) is 4.31. The minimum absolute atomic E-state index is 0.0459. The first-order valence-electron chi connectivity index (χ1n) is 6.66. The first-order chi connectivity index (χ1) is 9.56. The topological polar surface area (TPSA) is 64.2 Å². The molecule has 0 aliphatic heterocycles. The third-order valence-electron chi connectivity index (χ3n) is 3.33. The maximum atomic E-state index is 12.5. The van der Waals surface area contributed by atoms with Crippen LogP contribution < -0.4 is 10.6 Å². The van der Waals surface area contributed by atoms with E-state index in [4.69, 9.17) is 5.73 Å². The molecule has 5 heteroatoms. The summed E-state index contributed by atoms with van der Waals surface area (Å²) in [7, 11) is 3.60. The number of anilines is 1. The number of rotatable bonds is 4. The van der Waals surface area contributed by atoms with E-state index < -0.39 is 0 Å². The molecule has 0 radical (unpaired) electrons. The van der Waals surface area contributed by atoms with Gasteiger partial charge in [0.25, 0.3) is 5.91 Å². The summed E-state index contributed by atoms with van der Waals surface area (Å²) in [6.45, 7) is 2.50. The van der Waals surface area contributed by atoms with Crippen LogP contribution in [0.5, 0.6) is 0 Å². The molecule has 1 aromatic carbocycles. The molecule has 2 N–H and O–H groups in total. The largest absolute Gasteiger partial charge is 0.326 e. The molecule has 1 aromatic heterocycles. The fourth-order valence-corrected chi connectivity index (χ4v) is 2.13. The number of aryl methyl sites for hydroxylation is 2. The van der Waals surface area contributed by atoms with Crippen LogP contribution in [-0.2, 0) is 20.0 Å². The van der Waals surface area contributed by atoms with Crippen LogP contribution in [0, 0.1) is 0 Å².